The van der Waals surface area contributed by atoms with E-state index in [1.54, 1.807) is 0 Å². The molecule has 84 valence electrons. The lowest BCUT2D eigenvalue weighted by molar-refractivity contribution is 0.107. The van der Waals surface area contributed by atoms with Gasteiger partial charge in [-0.3, -0.25) is 0 Å². The van der Waals surface area contributed by atoms with Gasteiger partial charge in [0.05, 0.1) is 6.07 Å². The molecule has 0 radical (unpaired) electrons. The normalized spacial score (nSPS) is 34.9. The lowest BCUT2D eigenvalue weighted by Gasteiger charge is -2.39. The average molecular weight is 206 g/mol. The molecule has 1 heterocycles. The van der Waals surface area contributed by atoms with Crippen LogP contribution in [0.2, 0.25) is 0 Å². The molecular weight excluding hydrogens is 184 g/mol. The fourth-order valence-corrected chi connectivity index (χ4v) is 3.00. The first-order valence-corrected chi connectivity index (χ1v) is 6.43. The van der Waals surface area contributed by atoms with Crippen molar-refractivity contribution in [3.8, 4) is 6.07 Å². The molecule has 0 spiro atoms. The summed E-state index contributed by atoms with van der Waals surface area (Å²) in [5, 5.41) is 8.85. The molecule has 0 amide bonds. The third kappa shape index (κ3) is 2.72. The van der Waals surface area contributed by atoms with Crippen LogP contribution in [0.4, 0.5) is 0 Å². The lowest BCUT2D eigenvalue weighted by atomic mass is 9.85. The van der Waals surface area contributed by atoms with Gasteiger partial charge in [-0.25, -0.2) is 0 Å². The van der Waals surface area contributed by atoms with E-state index in [9.17, 15) is 0 Å². The number of hydrogen-bond acceptors (Lipinski definition) is 2. The van der Waals surface area contributed by atoms with Gasteiger partial charge in [0, 0.05) is 12.0 Å². The van der Waals surface area contributed by atoms with Crippen molar-refractivity contribution in [1.82, 2.24) is 4.90 Å². The van der Waals surface area contributed by atoms with E-state index in [-0.39, 0.29) is 0 Å². The van der Waals surface area contributed by atoms with Gasteiger partial charge < -0.3 is 4.90 Å². The molecule has 2 fully saturated rings. The molecule has 1 aliphatic carbocycles. The highest BCUT2D eigenvalue weighted by atomic mass is 15.2. The minimum absolute atomic E-state index is 0.337. The topological polar surface area (TPSA) is 27.0 Å². The third-order valence-corrected chi connectivity index (χ3v) is 4.21. The van der Waals surface area contributed by atoms with Crippen LogP contribution < -0.4 is 0 Å². The summed E-state index contributed by atoms with van der Waals surface area (Å²) in [5.41, 5.74) is 0. The summed E-state index contributed by atoms with van der Waals surface area (Å²) in [4.78, 5) is 2.64. The van der Waals surface area contributed by atoms with Crippen molar-refractivity contribution in [2.75, 3.05) is 13.1 Å². The van der Waals surface area contributed by atoms with Crippen LogP contribution in [0.15, 0.2) is 0 Å². The van der Waals surface area contributed by atoms with E-state index in [0.717, 1.165) is 37.9 Å². The maximum absolute atomic E-state index is 8.85. The SMILES string of the molecule is C[C@H]1CC[C@@H](N2CCC(C#N)CC2)CC1. The molecule has 0 N–H and O–H groups in total. The Hall–Kier alpha value is -0.550. The highest BCUT2D eigenvalue weighted by molar-refractivity contribution is 4.89. The van der Waals surface area contributed by atoms with Crippen molar-refractivity contribution < 1.29 is 0 Å². The average Bonchev–Trinajstić information content (AvgIpc) is 2.30. The number of nitrogens with zero attached hydrogens (tertiary/aromatic N) is 2. The summed E-state index contributed by atoms with van der Waals surface area (Å²) < 4.78 is 0. The Morgan fingerprint density at radius 2 is 1.60 bits per heavy atom. The Labute approximate surface area is 93.3 Å². The van der Waals surface area contributed by atoms with Crippen molar-refractivity contribution in [3.05, 3.63) is 0 Å². The fraction of sp³-hybridized carbons (Fsp3) is 0.923. The van der Waals surface area contributed by atoms with Crippen molar-refractivity contribution in [2.24, 2.45) is 11.8 Å². The molecule has 0 unspecified atom stereocenters. The number of piperidine rings is 1. The summed E-state index contributed by atoms with van der Waals surface area (Å²) >= 11 is 0. The van der Waals surface area contributed by atoms with Crippen molar-refractivity contribution >= 4 is 0 Å². The summed E-state index contributed by atoms with van der Waals surface area (Å²) in [5.74, 6) is 1.28. The number of hydrogen-bond donors (Lipinski definition) is 0. The standard InChI is InChI=1S/C13H22N2/c1-11-2-4-13(5-3-11)15-8-6-12(10-14)7-9-15/h11-13H,2-9H2,1H3/t11-,13+. The molecule has 2 aliphatic rings. The van der Waals surface area contributed by atoms with E-state index in [2.05, 4.69) is 17.9 Å². The second-order valence-corrected chi connectivity index (χ2v) is 5.35. The van der Waals surface area contributed by atoms with Crippen LogP contribution >= 0.6 is 0 Å². The minimum Gasteiger partial charge on any atom is -0.300 e. The minimum atomic E-state index is 0.337. The molecule has 0 aromatic rings. The highest BCUT2D eigenvalue weighted by Gasteiger charge is 2.27. The Morgan fingerprint density at radius 1 is 1.00 bits per heavy atom. The summed E-state index contributed by atoms with van der Waals surface area (Å²) in [6.07, 6.45) is 7.79. The van der Waals surface area contributed by atoms with Crippen molar-refractivity contribution in [1.29, 1.82) is 5.26 Å². The zero-order valence-corrected chi connectivity index (χ0v) is 9.78. The number of rotatable bonds is 1. The van der Waals surface area contributed by atoms with Crippen molar-refractivity contribution in [3.63, 3.8) is 0 Å². The molecule has 1 aliphatic heterocycles. The molecule has 0 aromatic heterocycles. The monoisotopic (exact) mass is 206 g/mol. The van der Waals surface area contributed by atoms with E-state index in [0.29, 0.717) is 5.92 Å². The first kappa shape index (κ1) is 11.0. The smallest absolute Gasteiger partial charge is 0.0656 e. The van der Waals surface area contributed by atoms with Crippen LogP contribution in [0, 0.1) is 23.2 Å². The second kappa shape index (κ2) is 4.99. The maximum Gasteiger partial charge on any atom is 0.0656 e. The summed E-state index contributed by atoms with van der Waals surface area (Å²) in [7, 11) is 0. The summed E-state index contributed by atoms with van der Waals surface area (Å²) in [6.45, 7) is 4.70. The van der Waals surface area contributed by atoms with Crippen LogP contribution in [0.5, 0.6) is 0 Å². The lowest BCUT2D eigenvalue weighted by Crippen LogP contribution is -2.42. The van der Waals surface area contributed by atoms with Crippen LogP contribution in [0.25, 0.3) is 0 Å². The quantitative estimate of drug-likeness (QED) is 0.659. The number of nitriles is 1. The molecule has 2 rings (SSSR count). The van der Waals surface area contributed by atoms with E-state index >= 15 is 0 Å². The van der Waals surface area contributed by atoms with Crippen molar-refractivity contribution in [2.45, 2.75) is 51.5 Å². The van der Waals surface area contributed by atoms with E-state index in [4.69, 9.17) is 5.26 Å². The Balaban J connectivity index is 1.78. The molecule has 2 heteroatoms. The van der Waals surface area contributed by atoms with Crippen LogP contribution in [0.3, 0.4) is 0 Å². The van der Waals surface area contributed by atoms with E-state index < -0.39 is 0 Å². The third-order valence-electron chi connectivity index (χ3n) is 4.21. The van der Waals surface area contributed by atoms with Crippen LogP contribution in [-0.4, -0.2) is 24.0 Å². The van der Waals surface area contributed by atoms with Gasteiger partial charge in [0.1, 0.15) is 0 Å². The molecule has 0 atom stereocenters. The predicted octanol–water partition coefficient (Wildman–Crippen LogP) is 2.80. The first-order chi connectivity index (χ1) is 7.29. The molecule has 1 saturated carbocycles. The van der Waals surface area contributed by atoms with Gasteiger partial charge in [-0.15, -0.1) is 0 Å². The van der Waals surface area contributed by atoms with Gasteiger partial charge in [0.25, 0.3) is 0 Å². The zero-order chi connectivity index (χ0) is 10.7. The van der Waals surface area contributed by atoms with Gasteiger partial charge in [-0.05, 0) is 57.5 Å². The predicted molar refractivity (Wildman–Crippen MR) is 61.3 cm³/mol. The number of likely N-dealkylation sites (tertiary alicyclic amines) is 1. The first-order valence-electron chi connectivity index (χ1n) is 6.43. The van der Waals surface area contributed by atoms with E-state index in [1.807, 2.05) is 0 Å². The van der Waals surface area contributed by atoms with Gasteiger partial charge >= 0.3 is 0 Å². The van der Waals surface area contributed by atoms with Gasteiger partial charge in [-0.2, -0.15) is 5.26 Å². The maximum atomic E-state index is 8.85. The fourth-order valence-electron chi connectivity index (χ4n) is 3.00. The molecule has 2 nitrogen and oxygen atoms in total. The summed E-state index contributed by atoms with van der Waals surface area (Å²) in [6, 6.07) is 3.24. The Bertz CT molecular complexity index is 227. The molecule has 15 heavy (non-hydrogen) atoms. The Kier molecular flexibility index (Phi) is 3.64. The Morgan fingerprint density at radius 3 is 2.13 bits per heavy atom. The van der Waals surface area contributed by atoms with Gasteiger partial charge in [-0.1, -0.05) is 6.92 Å². The molecule has 1 saturated heterocycles. The van der Waals surface area contributed by atoms with E-state index in [1.165, 1.54) is 25.7 Å². The van der Waals surface area contributed by atoms with Crippen LogP contribution in [0.1, 0.15) is 45.4 Å². The molecule has 0 aromatic carbocycles. The molecule has 0 bridgehead atoms. The second-order valence-electron chi connectivity index (χ2n) is 5.35. The highest BCUT2D eigenvalue weighted by Crippen LogP contribution is 2.29. The largest absolute Gasteiger partial charge is 0.300 e. The van der Waals surface area contributed by atoms with Gasteiger partial charge in [0.15, 0.2) is 0 Å². The zero-order valence-electron chi connectivity index (χ0n) is 9.78. The molecular formula is C13H22N2. The van der Waals surface area contributed by atoms with Gasteiger partial charge in [0.2, 0.25) is 0 Å². The van der Waals surface area contributed by atoms with Crippen LogP contribution in [-0.2, 0) is 0 Å².